The Morgan fingerprint density at radius 1 is 1.00 bits per heavy atom. The smallest absolute Gasteiger partial charge is 0.340 e. The molecule has 1 heterocycles. The summed E-state index contributed by atoms with van der Waals surface area (Å²) in [5.41, 5.74) is 5.60. The number of carbonyl (C=O) groups is 1. The SMILES string of the molecule is COC(=O)c1cc(NCc2ccc(OCc3ccccc3C)c(OC)c2)ccc1N1CCOCC1. The molecule has 7 heteroatoms. The van der Waals surface area contributed by atoms with Crippen molar-refractivity contribution in [1.82, 2.24) is 0 Å². The lowest BCUT2D eigenvalue weighted by Crippen LogP contribution is -2.37. The molecule has 1 aliphatic heterocycles. The van der Waals surface area contributed by atoms with Crippen LogP contribution < -0.4 is 19.7 Å². The molecule has 184 valence electrons. The fourth-order valence-corrected chi connectivity index (χ4v) is 4.07. The van der Waals surface area contributed by atoms with Crippen molar-refractivity contribution in [2.75, 3.05) is 50.7 Å². The van der Waals surface area contributed by atoms with Crippen molar-refractivity contribution in [2.24, 2.45) is 0 Å². The Morgan fingerprint density at radius 3 is 2.54 bits per heavy atom. The third kappa shape index (κ3) is 6.05. The summed E-state index contributed by atoms with van der Waals surface area (Å²) in [6, 6.07) is 19.8. The van der Waals surface area contributed by atoms with Crippen molar-refractivity contribution in [3.8, 4) is 11.5 Å². The molecule has 3 aromatic carbocycles. The Morgan fingerprint density at radius 2 is 1.80 bits per heavy atom. The molecule has 1 fully saturated rings. The zero-order chi connectivity index (χ0) is 24.6. The molecule has 0 aromatic heterocycles. The summed E-state index contributed by atoms with van der Waals surface area (Å²) in [6.45, 7) is 5.89. The largest absolute Gasteiger partial charge is 0.493 e. The topological polar surface area (TPSA) is 69.3 Å². The Kier molecular flexibility index (Phi) is 8.11. The van der Waals surface area contributed by atoms with E-state index >= 15 is 0 Å². The highest BCUT2D eigenvalue weighted by atomic mass is 16.5. The Hall–Kier alpha value is -3.71. The van der Waals surface area contributed by atoms with Gasteiger partial charge in [-0.25, -0.2) is 4.79 Å². The number of aryl methyl sites for hydroxylation is 1. The molecule has 4 rings (SSSR count). The summed E-state index contributed by atoms with van der Waals surface area (Å²) in [7, 11) is 3.04. The number of rotatable bonds is 9. The first-order valence-corrected chi connectivity index (χ1v) is 11.7. The van der Waals surface area contributed by atoms with E-state index in [4.69, 9.17) is 18.9 Å². The molecule has 7 nitrogen and oxygen atoms in total. The van der Waals surface area contributed by atoms with Gasteiger partial charge >= 0.3 is 5.97 Å². The monoisotopic (exact) mass is 476 g/mol. The number of methoxy groups -OCH3 is 2. The standard InChI is InChI=1S/C28H32N2O5/c1-20-6-4-5-7-22(20)19-35-26-11-8-21(16-27(26)32-2)18-29-23-9-10-25(24(17-23)28(31)33-3)30-12-14-34-15-13-30/h4-11,16-17,29H,12-15,18-19H2,1-3H3. The average Bonchev–Trinajstić information content (AvgIpc) is 2.91. The van der Waals surface area contributed by atoms with E-state index in [0.717, 1.165) is 35.6 Å². The van der Waals surface area contributed by atoms with Crippen molar-refractivity contribution < 1.29 is 23.7 Å². The number of anilines is 2. The molecule has 1 aliphatic rings. The Bertz CT molecular complexity index is 1160. The second-order valence-electron chi connectivity index (χ2n) is 8.38. The number of nitrogens with one attached hydrogen (secondary N) is 1. The maximum Gasteiger partial charge on any atom is 0.340 e. The number of esters is 1. The average molecular weight is 477 g/mol. The van der Waals surface area contributed by atoms with E-state index in [1.54, 1.807) is 7.11 Å². The normalized spacial score (nSPS) is 13.3. The summed E-state index contributed by atoms with van der Waals surface area (Å²) in [6.07, 6.45) is 0. The number of hydrogen-bond acceptors (Lipinski definition) is 7. The van der Waals surface area contributed by atoms with Crippen LogP contribution in [0.15, 0.2) is 60.7 Å². The van der Waals surface area contributed by atoms with Gasteiger partial charge in [-0.05, 0) is 53.9 Å². The lowest BCUT2D eigenvalue weighted by Gasteiger charge is -2.30. The minimum atomic E-state index is -0.355. The van der Waals surface area contributed by atoms with E-state index in [9.17, 15) is 4.79 Å². The van der Waals surface area contributed by atoms with Gasteiger partial charge in [0.1, 0.15) is 6.61 Å². The summed E-state index contributed by atoms with van der Waals surface area (Å²) in [5, 5.41) is 3.40. The summed E-state index contributed by atoms with van der Waals surface area (Å²) in [4.78, 5) is 14.6. The number of benzene rings is 3. The lowest BCUT2D eigenvalue weighted by atomic mass is 10.1. The number of morpholine rings is 1. The highest BCUT2D eigenvalue weighted by Crippen LogP contribution is 2.30. The van der Waals surface area contributed by atoms with Gasteiger partial charge in [0.15, 0.2) is 11.5 Å². The lowest BCUT2D eigenvalue weighted by molar-refractivity contribution is 0.0600. The van der Waals surface area contributed by atoms with E-state index in [1.165, 1.54) is 12.7 Å². The third-order valence-corrected chi connectivity index (χ3v) is 6.12. The molecule has 0 aliphatic carbocycles. The minimum absolute atomic E-state index is 0.355. The molecule has 0 unspecified atom stereocenters. The van der Waals surface area contributed by atoms with Crippen LogP contribution in [-0.2, 0) is 22.6 Å². The van der Waals surface area contributed by atoms with Crippen molar-refractivity contribution in [3.63, 3.8) is 0 Å². The van der Waals surface area contributed by atoms with Crippen LogP contribution in [0.4, 0.5) is 11.4 Å². The summed E-state index contributed by atoms with van der Waals surface area (Å²) < 4.78 is 22.1. The van der Waals surface area contributed by atoms with Crippen LogP contribution in [0.1, 0.15) is 27.0 Å². The zero-order valence-corrected chi connectivity index (χ0v) is 20.5. The highest BCUT2D eigenvalue weighted by Gasteiger charge is 2.20. The van der Waals surface area contributed by atoms with Crippen LogP contribution in [0.25, 0.3) is 0 Å². The Balaban J connectivity index is 1.44. The fraction of sp³-hybridized carbons (Fsp3) is 0.321. The quantitative estimate of drug-likeness (QED) is 0.444. The van der Waals surface area contributed by atoms with Gasteiger partial charge in [0.25, 0.3) is 0 Å². The molecular formula is C28H32N2O5. The number of ether oxygens (including phenoxy) is 4. The summed E-state index contributed by atoms with van der Waals surface area (Å²) in [5.74, 6) is 1.02. The molecule has 0 spiro atoms. The first kappa shape index (κ1) is 24.4. The van der Waals surface area contributed by atoms with Gasteiger partial charge in [-0.1, -0.05) is 30.3 Å². The van der Waals surface area contributed by atoms with Crippen LogP contribution in [0.5, 0.6) is 11.5 Å². The number of carbonyl (C=O) groups excluding carboxylic acids is 1. The van der Waals surface area contributed by atoms with Crippen LogP contribution in [0.3, 0.4) is 0 Å². The van der Waals surface area contributed by atoms with Crippen molar-refractivity contribution in [3.05, 3.63) is 82.9 Å². The van der Waals surface area contributed by atoms with Crippen molar-refractivity contribution in [1.29, 1.82) is 0 Å². The van der Waals surface area contributed by atoms with E-state index in [1.807, 2.05) is 48.5 Å². The van der Waals surface area contributed by atoms with E-state index in [0.29, 0.717) is 43.4 Å². The van der Waals surface area contributed by atoms with Gasteiger partial charge in [0.05, 0.1) is 38.7 Å². The fourth-order valence-electron chi connectivity index (χ4n) is 4.07. The van der Waals surface area contributed by atoms with Gasteiger partial charge in [-0.2, -0.15) is 0 Å². The second-order valence-corrected chi connectivity index (χ2v) is 8.38. The van der Waals surface area contributed by atoms with Gasteiger partial charge in [-0.15, -0.1) is 0 Å². The predicted octanol–water partition coefficient (Wildman–Crippen LogP) is 4.82. The molecule has 1 N–H and O–H groups in total. The zero-order valence-electron chi connectivity index (χ0n) is 20.5. The summed E-state index contributed by atoms with van der Waals surface area (Å²) >= 11 is 0. The molecule has 0 radical (unpaired) electrons. The minimum Gasteiger partial charge on any atom is -0.493 e. The molecule has 0 amide bonds. The molecule has 1 saturated heterocycles. The van der Waals surface area contributed by atoms with Crippen LogP contribution in [-0.4, -0.2) is 46.5 Å². The second kappa shape index (κ2) is 11.6. The molecule has 35 heavy (non-hydrogen) atoms. The van der Waals surface area contributed by atoms with Crippen LogP contribution in [0, 0.1) is 6.92 Å². The van der Waals surface area contributed by atoms with Crippen LogP contribution in [0.2, 0.25) is 0 Å². The molecule has 0 saturated carbocycles. The van der Waals surface area contributed by atoms with E-state index in [-0.39, 0.29) is 5.97 Å². The van der Waals surface area contributed by atoms with Crippen molar-refractivity contribution >= 4 is 17.3 Å². The van der Waals surface area contributed by atoms with Crippen molar-refractivity contribution in [2.45, 2.75) is 20.1 Å². The maximum atomic E-state index is 12.5. The molecular weight excluding hydrogens is 444 g/mol. The van der Waals surface area contributed by atoms with E-state index < -0.39 is 0 Å². The first-order chi connectivity index (χ1) is 17.1. The third-order valence-electron chi connectivity index (χ3n) is 6.12. The molecule has 0 bridgehead atoms. The van der Waals surface area contributed by atoms with Crippen LogP contribution >= 0.6 is 0 Å². The molecule has 3 aromatic rings. The maximum absolute atomic E-state index is 12.5. The van der Waals surface area contributed by atoms with Gasteiger partial charge < -0.3 is 29.2 Å². The number of nitrogens with zero attached hydrogens (tertiary/aromatic N) is 1. The van der Waals surface area contributed by atoms with Gasteiger partial charge in [0.2, 0.25) is 0 Å². The van der Waals surface area contributed by atoms with Gasteiger partial charge in [-0.3, -0.25) is 0 Å². The first-order valence-electron chi connectivity index (χ1n) is 11.7. The van der Waals surface area contributed by atoms with E-state index in [2.05, 4.69) is 29.3 Å². The van der Waals surface area contributed by atoms with Gasteiger partial charge in [0, 0.05) is 25.3 Å². The predicted molar refractivity (Wildman–Crippen MR) is 137 cm³/mol. The molecule has 0 atom stereocenters. The highest BCUT2D eigenvalue weighted by molar-refractivity contribution is 5.97. The Labute approximate surface area is 206 Å². The number of hydrogen-bond donors (Lipinski definition) is 1.